The fourth-order valence-corrected chi connectivity index (χ4v) is 4.38. The largest absolute Gasteiger partial charge is 0.326 e. The average Bonchev–Trinajstić information content (AvgIpc) is 2.60. The van der Waals surface area contributed by atoms with Crippen molar-refractivity contribution < 1.29 is 0 Å². The molecule has 2 bridgehead atoms. The molecule has 1 N–H and O–H groups in total. The van der Waals surface area contributed by atoms with Gasteiger partial charge in [-0.05, 0) is 37.5 Å². The zero-order valence-corrected chi connectivity index (χ0v) is 14.6. The molecule has 0 saturated heterocycles. The Morgan fingerprint density at radius 2 is 2.00 bits per heavy atom. The zero-order chi connectivity index (χ0) is 17.4. The number of allylic oxidation sites excluding steroid dienone is 2. The highest BCUT2D eigenvalue weighted by atomic mass is 16.1. The van der Waals surface area contributed by atoms with E-state index in [2.05, 4.69) is 43.1 Å². The summed E-state index contributed by atoms with van der Waals surface area (Å²) in [5.41, 5.74) is 5.50. The molecule has 1 aromatic carbocycles. The topological polar surface area (TPSA) is 45.2 Å². The molecule has 2 unspecified atom stereocenters. The summed E-state index contributed by atoms with van der Waals surface area (Å²) in [5, 5.41) is 0. The second-order valence-electron chi connectivity index (χ2n) is 6.99. The third-order valence-corrected chi connectivity index (χ3v) is 5.31. The highest BCUT2D eigenvalue weighted by Gasteiger charge is 2.46. The molecule has 2 aliphatic carbocycles. The van der Waals surface area contributed by atoms with Crippen molar-refractivity contribution in [2.45, 2.75) is 32.2 Å². The highest BCUT2D eigenvalue weighted by molar-refractivity contribution is 5.80. The van der Waals surface area contributed by atoms with E-state index in [9.17, 15) is 4.79 Å². The second-order valence-corrected chi connectivity index (χ2v) is 6.99. The molecule has 0 radical (unpaired) electrons. The molecule has 4 rings (SSSR count). The number of H-pyrrole nitrogens is 1. The number of rotatable bonds is 2. The van der Waals surface area contributed by atoms with Crippen LogP contribution in [0.1, 0.15) is 37.1 Å². The van der Waals surface area contributed by atoms with E-state index in [1.807, 2.05) is 30.5 Å². The predicted molar refractivity (Wildman–Crippen MR) is 102 cm³/mol. The van der Waals surface area contributed by atoms with Crippen molar-refractivity contribution >= 4 is 6.21 Å². The number of aliphatic imine (C=N–C) groups is 1. The van der Waals surface area contributed by atoms with Gasteiger partial charge in [0.15, 0.2) is 0 Å². The van der Waals surface area contributed by atoms with Gasteiger partial charge in [-0.1, -0.05) is 48.1 Å². The van der Waals surface area contributed by atoms with Gasteiger partial charge in [0, 0.05) is 35.9 Å². The Balaban J connectivity index is 1.93. The maximum atomic E-state index is 11.8. The normalized spacial score (nSPS) is 26.6. The lowest BCUT2D eigenvalue weighted by Gasteiger charge is -2.45. The molecular weight excluding hydrogens is 308 g/mol. The van der Waals surface area contributed by atoms with Gasteiger partial charge < -0.3 is 4.98 Å². The molecule has 0 aliphatic heterocycles. The Morgan fingerprint density at radius 1 is 1.20 bits per heavy atom. The number of aromatic amines is 1. The van der Waals surface area contributed by atoms with Gasteiger partial charge in [0.05, 0.1) is 0 Å². The van der Waals surface area contributed by atoms with Gasteiger partial charge in [0.1, 0.15) is 5.54 Å². The molecule has 126 valence electrons. The van der Waals surface area contributed by atoms with Gasteiger partial charge in [-0.2, -0.15) is 0 Å². The van der Waals surface area contributed by atoms with Crippen molar-refractivity contribution in [1.29, 1.82) is 0 Å². The van der Waals surface area contributed by atoms with E-state index in [4.69, 9.17) is 4.99 Å². The fourth-order valence-electron chi connectivity index (χ4n) is 4.38. The first-order valence-electron chi connectivity index (χ1n) is 8.79. The summed E-state index contributed by atoms with van der Waals surface area (Å²) in [6.45, 7) is 4.28. The Morgan fingerprint density at radius 3 is 2.76 bits per heavy atom. The summed E-state index contributed by atoms with van der Waals surface area (Å²) in [7, 11) is 0. The van der Waals surface area contributed by atoms with Crippen LogP contribution in [-0.2, 0) is 12.0 Å². The number of fused-ring (bicyclic) bond motifs is 4. The van der Waals surface area contributed by atoms with Gasteiger partial charge in [0.2, 0.25) is 5.56 Å². The number of benzene rings is 1. The van der Waals surface area contributed by atoms with Gasteiger partial charge in [0.25, 0.3) is 0 Å². The summed E-state index contributed by atoms with van der Waals surface area (Å²) in [6.07, 6.45) is 8.21. The number of aromatic nitrogens is 1. The van der Waals surface area contributed by atoms with Crippen LogP contribution < -0.4 is 5.56 Å². The second kappa shape index (κ2) is 5.99. The van der Waals surface area contributed by atoms with Crippen LogP contribution in [0.2, 0.25) is 0 Å². The van der Waals surface area contributed by atoms with Crippen LogP contribution in [0.5, 0.6) is 0 Å². The van der Waals surface area contributed by atoms with E-state index in [1.165, 1.54) is 11.1 Å². The molecule has 2 aromatic rings. The van der Waals surface area contributed by atoms with Gasteiger partial charge in [-0.15, -0.1) is 0 Å². The smallest absolute Gasteiger partial charge is 0.248 e. The summed E-state index contributed by atoms with van der Waals surface area (Å²) in [5.74, 6) is 0.303. The number of nitrogens with zero attached hydrogens (tertiary/aromatic N) is 1. The predicted octanol–water partition coefficient (Wildman–Crippen LogP) is 4.16. The Hall–Kier alpha value is -2.68. The third kappa shape index (κ3) is 2.60. The minimum absolute atomic E-state index is 0.0383. The standard InChI is InChI=1S/C22H22N2O/c1-3-18-17-11-15(2)13-22(18,23-14-16-7-5-4-6-8-16)19-9-10-21(25)24-20(19)12-17/h3-11,14,17H,12-13H2,1-2H3,(H,24,25)/b18-3+,23-14?. The molecule has 0 amide bonds. The van der Waals surface area contributed by atoms with Crippen molar-refractivity contribution in [2.24, 2.45) is 10.9 Å². The van der Waals surface area contributed by atoms with Crippen LogP contribution in [0, 0.1) is 5.92 Å². The van der Waals surface area contributed by atoms with Crippen molar-refractivity contribution in [2.75, 3.05) is 0 Å². The van der Waals surface area contributed by atoms with Crippen molar-refractivity contribution in [3.63, 3.8) is 0 Å². The number of hydrogen-bond acceptors (Lipinski definition) is 2. The number of nitrogens with one attached hydrogen (secondary N) is 1. The molecule has 0 fully saturated rings. The average molecular weight is 330 g/mol. The summed E-state index contributed by atoms with van der Waals surface area (Å²) >= 11 is 0. The van der Waals surface area contributed by atoms with Gasteiger partial charge in [-0.3, -0.25) is 9.79 Å². The molecule has 25 heavy (non-hydrogen) atoms. The van der Waals surface area contributed by atoms with E-state index >= 15 is 0 Å². The third-order valence-electron chi connectivity index (χ3n) is 5.31. The summed E-state index contributed by atoms with van der Waals surface area (Å²) in [6, 6.07) is 13.8. The van der Waals surface area contributed by atoms with E-state index in [0.29, 0.717) is 5.92 Å². The Bertz CT molecular complexity index is 949. The molecule has 2 atom stereocenters. The summed E-state index contributed by atoms with van der Waals surface area (Å²) in [4.78, 5) is 20.0. The van der Waals surface area contributed by atoms with Crippen molar-refractivity contribution in [1.82, 2.24) is 4.98 Å². The van der Waals surface area contributed by atoms with Gasteiger partial charge in [-0.25, -0.2) is 0 Å². The first kappa shape index (κ1) is 15.8. The van der Waals surface area contributed by atoms with Crippen LogP contribution in [-0.4, -0.2) is 11.2 Å². The van der Waals surface area contributed by atoms with E-state index < -0.39 is 5.54 Å². The maximum Gasteiger partial charge on any atom is 0.248 e. The van der Waals surface area contributed by atoms with Crippen molar-refractivity contribution in [3.8, 4) is 0 Å². The van der Waals surface area contributed by atoms with E-state index in [1.54, 1.807) is 6.07 Å². The lowest BCUT2D eigenvalue weighted by molar-refractivity contribution is 0.413. The monoisotopic (exact) mass is 330 g/mol. The highest BCUT2D eigenvalue weighted by Crippen LogP contribution is 2.51. The molecule has 1 aromatic heterocycles. The van der Waals surface area contributed by atoms with Crippen LogP contribution in [0.15, 0.2) is 75.5 Å². The number of pyridine rings is 1. The maximum absolute atomic E-state index is 11.8. The number of hydrogen-bond donors (Lipinski definition) is 1. The van der Waals surface area contributed by atoms with Crippen LogP contribution >= 0.6 is 0 Å². The minimum Gasteiger partial charge on any atom is -0.326 e. The van der Waals surface area contributed by atoms with E-state index in [0.717, 1.165) is 29.7 Å². The summed E-state index contributed by atoms with van der Waals surface area (Å²) < 4.78 is 0. The lowest BCUT2D eigenvalue weighted by atomic mass is 9.63. The lowest BCUT2D eigenvalue weighted by Crippen LogP contribution is -2.40. The van der Waals surface area contributed by atoms with E-state index in [-0.39, 0.29) is 5.56 Å². The molecule has 0 spiro atoms. The molecule has 0 saturated carbocycles. The Kier molecular flexibility index (Phi) is 3.79. The Labute approximate surface area is 147 Å². The molecule has 1 heterocycles. The SMILES string of the molecule is C/C=C1\C2C=C(C)CC1(N=Cc1ccccc1)c1ccc(=O)[nH]c1C2. The molecule has 2 aliphatic rings. The minimum atomic E-state index is -0.411. The molecule has 3 heteroatoms. The molecular formula is C22H22N2O. The van der Waals surface area contributed by atoms with Gasteiger partial charge >= 0.3 is 0 Å². The van der Waals surface area contributed by atoms with Crippen LogP contribution in [0.4, 0.5) is 0 Å². The van der Waals surface area contributed by atoms with Crippen LogP contribution in [0.3, 0.4) is 0 Å². The van der Waals surface area contributed by atoms with Crippen LogP contribution in [0.25, 0.3) is 0 Å². The first-order valence-corrected chi connectivity index (χ1v) is 8.79. The molecule has 3 nitrogen and oxygen atoms in total. The quantitative estimate of drug-likeness (QED) is 0.652. The zero-order valence-electron chi connectivity index (χ0n) is 14.6. The van der Waals surface area contributed by atoms with Crippen molar-refractivity contribution in [3.05, 3.63) is 92.9 Å². The fraction of sp³-hybridized carbons (Fsp3) is 0.273. The first-order chi connectivity index (χ1) is 12.1.